The maximum absolute atomic E-state index is 14.8. The molecule has 8 nitrogen and oxygen atoms in total. The summed E-state index contributed by atoms with van der Waals surface area (Å²) in [5.74, 6) is 0.348. The summed E-state index contributed by atoms with van der Waals surface area (Å²) in [4.78, 5) is 27.1. The highest BCUT2D eigenvalue weighted by molar-refractivity contribution is 5.88. The zero-order valence-electron chi connectivity index (χ0n) is 18.0. The van der Waals surface area contributed by atoms with Gasteiger partial charge in [-0.15, -0.1) is 0 Å². The number of hydrogen-bond donors (Lipinski definition) is 1. The van der Waals surface area contributed by atoms with Crippen LogP contribution in [0.1, 0.15) is 55.1 Å². The number of carbonyl (C=O) groups excluding carboxylic acids is 1. The predicted octanol–water partition coefficient (Wildman–Crippen LogP) is 4.11. The van der Waals surface area contributed by atoms with E-state index in [9.17, 15) is 9.18 Å². The van der Waals surface area contributed by atoms with Crippen molar-refractivity contribution >= 4 is 29.0 Å². The van der Waals surface area contributed by atoms with Crippen molar-refractivity contribution in [3.05, 3.63) is 36.0 Å². The SMILES string of the molecule is O=Cc1c(F)c2cnc(Nc3ccc(OCCN4CCCC4)nc3)nc2n1C1CCCC1. The van der Waals surface area contributed by atoms with Gasteiger partial charge in [-0.3, -0.25) is 9.69 Å². The van der Waals surface area contributed by atoms with E-state index in [-0.39, 0.29) is 17.1 Å². The molecule has 2 fully saturated rings. The molecule has 1 N–H and O–H groups in total. The molecule has 3 aromatic heterocycles. The Bertz CT molecular complexity index is 1090. The molecule has 0 atom stereocenters. The van der Waals surface area contributed by atoms with E-state index in [1.54, 1.807) is 16.8 Å². The van der Waals surface area contributed by atoms with Gasteiger partial charge in [0.1, 0.15) is 17.9 Å². The molecule has 5 rings (SSSR count). The van der Waals surface area contributed by atoms with E-state index in [2.05, 4.69) is 25.2 Å². The first-order valence-electron chi connectivity index (χ1n) is 11.3. The van der Waals surface area contributed by atoms with Crippen molar-refractivity contribution in [1.82, 2.24) is 24.4 Å². The van der Waals surface area contributed by atoms with Crippen molar-refractivity contribution in [1.29, 1.82) is 0 Å². The second-order valence-corrected chi connectivity index (χ2v) is 8.46. The molecule has 9 heteroatoms. The first-order valence-corrected chi connectivity index (χ1v) is 11.3. The van der Waals surface area contributed by atoms with Gasteiger partial charge in [-0.1, -0.05) is 12.8 Å². The Balaban J connectivity index is 1.30. The largest absolute Gasteiger partial charge is 0.476 e. The standard InChI is InChI=1S/C23H27FN6O2/c24-21-18-14-26-23(28-22(18)30(19(21)15-31)17-5-1-2-6-17)27-16-7-8-20(25-13-16)32-12-11-29-9-3-4-10-29/h7-8,13-15,17H,1-6,9-12H2,(H,26,27,28). The molecule has 3 aromatic rings. The average molecular weight is 439 g/mol. The van der Waals surface area contributed by atoms with Crippen LogP contribution in [0.25, 0.3) is 11.0 Å². The number of fused-ring (bicyclic) bond motifs is 1. The van der Waals surface area contributed by atoms with Crippen LogP contribution in [-0.2, 0) is 0 Å². The van der Waals surface area contributed by atoms with Gasteiger partial charge in [0.25, 0.3) is 0 Å². The van der Waals surface area contributed by atoms with Crippen molar-refractivity contribution in [2.24, 2.45) is 0 Å². The minimum absolute atomic E-state index is 0.0513. The monoisotopic (exact) mass is 438 g/mol. The molecule has 0 radical (unpaired) electrons. The van der Waals surface area contributed by atoms with Crippen LogP contribution < -0.4 is 10.1 Å². The van der Waals surface area contributed by atoms with Crippen molar-refractivity contribution < 1.29 is 13.9 Å². The number of likely N-dealkylation sites (tertiary alicyclic amines) is 1. The molecule has 0 amide bonds. The second-order valence-electron chi connectivity index (χ2n) is 8.46. The van der Waals surface area contributed by atoms with Crippen LogP contribution in [0, 0.1) is 5.82 Å². The van der Waals surface area contributed by atoms with Crippen molar-refractivity contribution in [3.8, 4) is 5.88 Å². The number of carbonyl (C=O) groups is 1. The zero-order chi connectivity index (χ0) is 21.9. The molecule has 2 aliphatic rings. The van der Waals surface area contributed by atoms with Crippen LogP contribution in [0.5, 0.6) is 5.88 Å². The van der Waals surface area contributed by atoms with Gasteiger partial charge in [0.2, 0.25) is 11.8 Å². The Labute approximate surface area is 185 Å². The van der Waals surface area contributed by atoms with Gasteiger partial charge < -0.3 is 14.6 Å². The highest BCUT2D eigenvalue weighted by Gasteiger charge is 2.26. The summed E-state index contributed by atoms with van der Waals surface area (Å²) >= 11 is 0. The van der Waals surface area contributed by atoms with Gasteiger partial charge in [-0.2, -0.15) is 4.98 Å². The average Bonchev–Trinajstić information content (AvgIpc) is 3.56. The molecule has 32 heavy (non-hydrogen) atoms. The van der Waals surface area contributed by atoms with Gasteiger partial charge in [-0.05, 0) is 44.8 Å². The lowest BCUT2D eigenvalue weighted by Gasteiger charge is -2.15. The number of nitrogens with zero attached hydrogens (tertiary/aromatic N) is 5. The van der Waals surface area contributed by atoms with Gasteiger partial charge in [0.15, 0.2) is 12.1 Å². The smallest absolute Gasteiger partial charge is 0.229 e. The van der Waals surface area contributed by atoms with E-state index in [0.29, 0.717) is 36.1 Å². The number of nitrogens with one attached hydrogen (secondary N) is 1. The summed E-state index contributed by atoms with van der Waals surface area (Å²) in [5, 5.41) is 3.38. The lowest BCUT2D eigenvalue weighted by Crippen LogP contribution is -2.25. The first kappa shape index (κ1) is 20.8. The second kappa shape index (κ2) is 9.20. The molecule has 0 spiro atoms. The van der Waals surface area contributed by atoms with Gasteiger partial charge in [0.05, 0.1) is 17.3 Å². The number of aldehydes is 1. The maximum atomic E-state index is 14.8. The fraction of sp³-hybridized carbons (Fsp3) is 0.478. The van der Waals surface area contributed by atoms with Crippen LogP contribution in [-0.4, -0.2) is 56.9 Å². The number of ether oxygens (including phenoxy) is 1. The Morgan fingerprint density at radius 1 is 1.12 bits per heavy atom. The number of halogens is 1. The molecule has 1 aliphatic heterocycles. The number of rotatable bonds is 8. The van der Waals surface area contributed by atoms with E-state index in [4.69, 9.17) is 4.74 Å². The summed E-state index contributed by atoms with van der Waals surface area (Å²) in [6.07, 6.45) is 10.2. The third kappa shape index (κ3) is 4.17. The minimum atomic E-state index is -0.550. The molecule has 0 unspecified atom stereocenters. The topological polar surface area (TPSA) is 85.2 Å². The summed E-state index contributed by atoms with van der Waals surface area (Å²) < 4.78 is 22.3. The van der Waals surface area contributed by atoms with Crippen molar-refractivity contribution in [3.63, 3.8) is 0 Å². The summed E-state index contributed by atoms with van der Waals surface area (Å²) in [6, 6.07) is 3.73. The first-order chi connectivity index (χ1) is 15.7. The Hall–Kier alpha value is -3.07. The molecular weight excluding hydrogens is 411 g/mol. The Morgan fingerprint density at radius 3 is 2.66 bits per heavy atom. The third-order valence-corrected chi connectivity index (χ3v) is 6.37. The van der Waals surface area contributed by atoms with Gasteiger partial charge in [0, 0.05) is 24.8 Å². The molecule has 0 bridgehead atoms. The lowest BCUT2D eigenvalue weighted by atomic mass is 10.2. The quantitative estimate of drug-likeness (QED) is 0.530. The number of anilines is 2. The van der Waals surface area contributed by atoms with Crippen molar-refractivity contribution in [2.45, 2.75) is 44.6 Å². The number of hydrogen-bond acceptors (Lipinski definition) is 7. The van der Waals surface area contributed by atoms with E-state index < -0.39 is 5.82 Å². The van der Waals surface area contributed by atoms with E-state index >= 15 is 0 Å². The molecule has 4 heterocycles. The summed E-state index contributed by atoms with van der Waals surface area (Å²) in [7, 11) is 0. The number of aromatic nitrogens is 4. The Kier molecular flexibility index (Phi) is 5.98. The van der Waals surface area contributed by atoms with Crippen LogP contribution in [0.3, 0.4) is 0 Å². The van der Waals surface area contributed by atoms with Gasteiger partial charge in [-0.25, -0.2) is 14.4 Å². The van der Waals surface area contributed by atoms with Crippen LogP contribution >= 0.6 is 0 Å². The van der Waals surface area contributed by atoms with Crippen molar-refractivity contribution in [2.75, 3.05) is 31.6 Å². The van der Waals surface area contributed by atoms with Crippen LogP contribution in [0.2, 0.25) is 0 Å². The molecule has 0 aromatic carbocycles. The predicted molar refractivity (Wildman–Crippen MR) is 119 cm³/mol. The summed E-state index contributed by atoms with van der Waals surface area (Å²) in [6.45, 7) is 3.82. The molecule has 1 aliphatic carbocycles. The minimum Gasteiger partial charge on any atom is -0.476 e. The molecular formula is C23H27FN6O2. The fourth-order valence-corrected chi connectivity index (χ4v) is 4.72. The lowest BCUT2D eigenvalue weighted by molar-refractivity contribution is 0.111. The highest BCUT2D eigenvalue weighted by atomic mass is 19.1. The highest BCUT2D eigenvalue weighted by Crippen LogP contribution is 2.35. The molecule has 1 saturated carbocycles. The van der Waals surface area contributed by atoms with E-state index in [1.165, 1.54) is 19.0 Å². The zero-order valence-corrected chi connectivity index (χ0v) is 18.0. The number of pyridine rings is 1. The van der Waals surface area contributed by atoms with Crippen LogP contribution in [0.4, 0.5) is 16.0 Å². The Morgan fingerprint density at radius 2 is 1.94 bits per heavy atom. The fourth-order valence-electron chi connectivity index (χ4n) is 4.72. The van der Waals surface area contributed by atoms with E-state index in [1.807, 2.05) is 6.07 Å². The summed E-state index contributed by atoms with van der Waals surface area (Å²) in [5.41, 5.74) is 1.20. The maximum Gasteiger partial charge on any atom is 0.229 e. The molecule has 1 saturated heterocycles. The molecule has 168 valence electrons. The van der Waals surface area contributed by atoms with Gasteiger partial charge >= 0.3 is 0 Å². The third-order valence-electron chi connectivity index (χ3n) is 6.37. The van der Waals surface area contributed by atoms with Crippen LogP contribution in [0.15, 0.2) is 24.5 Å². The van der Waals surface area contributed by atoms with E-state index in [0.717, 1.165) is 45.3 Å². The normalized spacial score (nSPS) is 17.3.